The molecule has 3 nitrogen and oxygen atoms in total. The van der Waals surface area contributed by atoms with Gasteiger partial charge in [0.2, 0.25) is 0 Å². The van der Waals surface area contributed by atoms with Gasteiger partial charge in [0.1, 0.15) is 10.3 Å². The van der Waals surface area contributed by atoms with Gasteiger partial charge in [-0.25, -0.2) is 4.98 Å². The molecule has 1 aromatic rings. The van der Waals surface area contributed by atoms with Gasteiger partial charge in [-0.1, -0.05) is 48.5 Å². The number of pyridine rings is 1. The van der Waals surface area contributed by atoms with Gasteiger partial charge in [0.15, 0.2) is 0 Å². The summed E-state index contributed by atoms with van der Waals surface area (Å²) in [4.78, 5) is 6.86. The Morgan fingerprint density at radius 2 is 1.70 bits per heavy atom. The van der Waals surface area contributed by atoms with Gasteiger partial charge in [-0.15, -0.1) is 24.8 Å². The molecule has 1 aliphatic carbocycles. The summed E-state index contributed by atoms with van der Waals surface area (Å²) in [5, 5.41) is 4.49. The van der Waals surface area contributed by atoms with E-state index in [1.54, 1.807) is 0 Å². The predicted molar refractivity (Wildman–Crippen MR) is 103 cm³/mol. The maximum absolute atomic E-state index is 6.42. The predicted octanol–water partition coefficient (Wildman–Crippen LogP) is 4.76. The second-order valence-corrected chi connectivity index (χ2v) is 6.89. The first-order chi connectivity index (χ1) is 10.3. The molecule has 0 bridgehead atoms. The minimum Gasteiger partial charge on any atom is -0.314 e. The van der Waals surface area contributed by atoms with Crippen LogP contribution in [0.25, 0.3) is 0 Å². The largest absolute Gasteiger partial charge is 0.314 e. The summed E-state index contributed by atoms with van der Waals surface area (Å²) in [5.74, 6) is 0.692. The molecule has 2 heterocycles. The van der Waals surface area contributed by atoms with Crippen LogP contribution in [0.3, 0.4) is 0 Å². The highest BCUT2D eigenvalue weighted by molar-refractivity contribution is 6.32. The minimum atomic E-state index is 0. The van der Waals surface area contributed by atoms with E-state index in [0.717, 1.165) is 31.7 Å². The molecule has 0 aromatic carbocycles. The molecular weight excluding hydrogens is 376 g/mol. The van der Waals surface area contributed by atoms with Gasteiger partial charge in [-0.05, 0) is 24.8 Å². The second-order valence-electron chi connectivity index (χ2n) is 6.14. The molecule has 0 radical (unpaired) electrons. The Labute approximate surface area is 161 Å². The highest BCUT2D eigenvalue weighted by Gasteiger charge is 2.32. The van der Waals surface area contributed by atoms with E-state index in [1.807, 2.05) is 6.07 Å². The molecule has 1 atom stereocenters. The smallest absolute Gasteiger partial charge is 0.135 e. The monoisotopic (exact) mass is 399 g/mol. The molecule has 1 aliphatic heterocycles. The van der Waals surface area contributed by atoms with Crippen molar-refractivity contribution < 1.29 is 0 Å². The van der Waals surface area contributed by atoms with Gasteiger partial charge < -0.3 is 5.32 Å². The van der Waals surface area contributed by atoms with Crippen molar-refractivity contribution in [3.63, 3.8) is 0 Å². The summed E-state index contributed by atoms with van der Waals surface area (Å²) in [7, 11) is 0. The molecule has 1 N–H and O–H groups in total. The zero-order valence-electron chi connectivity index (χ0n) is 13.1. The van der Waals surface area contributed by atoms with Gasteiger partial charge in [0, 0.05) is 37.8 Å². The molecule has 0 spiro atoms. The van der Waals surface area contributed by atoms with Crippen molar-refractivity contribution in [2.75, 3.05) is 26.2 Å². The Hall–Kier alpha value is 0.230. The van der Waals surface area contributed by atoms with E-state index in [9.17, 15) is 0 Å². The lowest BCUT2D eigenvalue weighted by Gasteiger charge is -2.41. The maximum atomic E-state index is 6.42. The van der Waals surface area contributed by atoms with Gasteiger partial charge in [-0.3, -0.25) is 4.90 Å². The third kappa shape index (κ3) is 5.35. The van der Waals surface area contributed by atoms with E-state index in [-0.39, 0.29) is 24.8 Å². The second kappa shape index (κ2) is 10.3. The highest BCUT2D eigenvalue weighted by atomic mass is 35.5. The van der Waals surface area contributed by atoms with Crippen molar-refractivity contribution in [3.8, 4) is 0 Å². The summed E-state index contributed by atoms with van der Waals surface area (Å²) in [6.07, 6.45) is 6.65. The first kappa shape index (κ1) is 21.3. The third-order valence-corrected chi connectivity index (χ3v) is 5.32. The SMILES string of the molecule is Cl.Cl.Clc1ccc([C@@H](C2CCCCC2)N2CCNCC2)c(Cl)n1. The Kier molecular flexibility index (Phi) is 9.50. The zero-order chi connectivity index (χ0) is 14.7. The Bertz CT molecular complexity index is 456. The number of nitrogens with zero attached hydrogens (tertiary/aromatic N) is 2. The molecule has 1 aromatic heterocycles. The molecule has 1 saturated heterocycles. The number of aromatic nitrogens is 1. The normalized spacial score (nSPS) is 21.1. The van der Waals surface area contributed by atoms with Crippen LogP contribution in [0.2, 0.25) is 10.3 Å². The molecular formula is C16H25Cl4N3. The van der Waals surface area contributed by atoms with Crippen LogP contribution in [-0.4, -0.2) is 36.1 Å². The molecule has 0 amide bonds. The van der Waals surface area contributed by atoms with E-state index in [1.165, 1.54) is 32.1 Å². The summed E-state index contributed by atoms with van der Waals surface area (Å²) >= 11 is 12.4. The molecule has 23 heavy (non-hydrogen) atoms. The molecule has 2 fully saturated rings. The Morgan fingerprint density at radius 3 is 2.30 bits per heavy atom. The van der Waals surface area contributed by atoms with Gasteiger partial charge in [0.25, 0.3) is 0 Å². The van der Waals surface area contributed by atoms with Crippen molar-refractivity contribution in [1.82, 2.24) is 15.2 Å². The Morgan fingerprint density at radius 1 is 1.04 bits per heavy atom. The number of hydrogen-bond acceptors (Lipinski definition) is 3. The fourth-order valence-electron chi connectivity index (χ4n) is 3.80. The van der Waals surface area contributed by atoms with Crippen LogP contribution >= 0.6 is 48.0 Å². The number of nitrogens with one attached hydrogen (secondary N) is 1. The first-order valence-corrected chi connectivity index (χ1v) is 8.78. The fourth-order valence-corrected chi connectivity index (χ4v) is 4.26. The number of rotatable bonds is 3. The summed E-state index contributed by atoms with van der Waals surface area (Å²) in [6, 6.07) is 4.35. The van der Waals surface area contributed by atoms with Crippen molar-refractivity contribution in [3.05, 3.63) is 28.0 Å². The van der Waals surface area contributed by atoms with E-state index in [2.05, 4.69) is 21.3 Å². The highest BCUT2D eigenvalue weighted by Crippen LogP contribution is 2.40. The lowest BCUT2D eigenvalue weighted by atomic mass is 9.80. The zero-order valence-corrected chi connectivity index (χ0v) is 16.3. The summed E-state index contributed by atoms with van der Waals surface area (Å²) in [5.41, 5.74) is 1.16. The average molecular weight is 401 g/mol. The van der Waals surface area contributed by atoms with Gasteiger partial charge in [0.05, 0.1) is 0 Å². The summed E-state index contributed by atoms with van der Waals surface area (Å²) < 4.78 is 0. The number of piperazine rings is 1. The third-order valence-electron chi connectivity index (χ3n) is 4.80. The Balaban J connectivity index is 0.00000132. The van der Waals surface area contributed by atoms with E-state index in [0.29, 0.717) is 22.3 Å². The topological polar surface area (TPSA) is 28.2 Å². The van der Waals surface area contributed by atoms with Gasteiger partial charge in [-0.2, -0.15) is 0 Å². The van der Waals surface area contributed by atoms with Crippen LogP contribution in [-0.2, 0) is 0 Å². The number of hydrogen-bond donors (Lipinski definition) is 1. The van der Waals surface area contributed by atoms with Crippen LogP contribution < -0.4 is 5.32 Å². The number of halogens is 4. The van der Waals surface area contributed by atoms with Crippen molar-refractivity contribution in [1.29, 1.82) is 0 Å². The maximum Gasteiger partial charge on any atom is 0.135 e. The van der Waals surface area contributed by atoms with Crippen LogP contribution in [0.15, 0.2) is 12.1 Å². The average Bonchev–Trinajstić information content (AvgIpc) is 2.52. The summed E-state index contributed by atoms with van der Waals surface area (Å²) in [6.45, 7) is 4.28. The van der Waals surface area contributed by atoms with E-state index >= 15 is 0 Å². The fraction of sp³-hybridized carbons (Fsp3) is 0.688. The lowest BCUT2D eigenvalue weighted by Crippen LogP contribution is -2.47. The molecule has 3 rings (SSSR count). The van der Waals surface area contributed by atoms with E-state index in [4.69, 9.17) is 23.2 Å². The van der Waals surface area contributed by atoms with E-state index < -0.39 is 0 Å². The lowest BCUT2D eigenvalue weighted by molar-refractivity contribution is 0.103. The molecule has 132 valence electrons. The standard InChI is InChI=1S/C16H23Cl2N3.2ClH/c17-14-7-6-13(16(18)20-14)15(12-4-2-1-3-5-12)21-10-8-19-9-11-21;;/h6-7,12,15,19H,1-5,8-11H2;2*1H/t15-;;/m1../s1. The molecule has 1 saturated carbocycles. The van der Waals surface area contributed by atoms with Crippen molar-refractivity contribution >= 4 is 48.0 Å². The molecule has 7 heteroatoms. The molecule has 2 aliphatic rings. The molecule has 0 unspecified atom stereocenters. The van der Waals surface area contributed by atoms with Crippen LogP contribution in [0.5, 0.6) is 0 Å². The quantitative estimate of drug-likeness (QED) is 0.741. The van der Waals surface area contributed by atoms with Crippen molar-refractivity contribution in [2.45, 2.75) is 38.1 Å². The van der Waals surface area contributed by atoms with Crippen molar-refractivity contribution in [2.24, 2.45) is 5.92 Å². The van der Waals surface area contributed by atoms with Crippen LogP contribution in [0.4, 0.5) is 0 Å². The van der Waals surface area contributed by atoms with Gasteiger partial charge >= 0.3 is 0 Å². The first-order valence-electron chi connectivity index (χ1n) is 8.02. The van der Waals surface area contributed by atoms with Crippen LogP contribution in [0, 0.1) is 5.92 Å². The van der Waals surface area contributed by atoms with Crippen LogP contribution in [0.1, 0.15) is 43.7 Å². The minimum absolute atomic E-state index is 0.